The quantitative estimate of drug-likeness (QED) is 0.417. The van der Waals surface area contributed by atoms with Gasteiger partial charge in [-0.3, -0.25) is 0 Å². The van der Waals surface area contributed by atoms with Crippen LogP contribution in [0.5, 0.6) is 0 Å². The highest BCUT2D eigenvalue weighted by atomic mass is 127. The number of aryl methyl sites for hydroxylation is 1. The van der Waals surface area contributed by atoms with Crippen LogP contribution in [0, 0.1) is 6.92 Å². The van der Waals surface area contributed by atoms with Gasteiger partial charge in [0, 0.05) is 26.2 Å². The minimum Gasteiger partial charge on any atom is -0.393 e. The van der Waals surface area contributed by atoms with E-state index in [-0.39, 0.29) is 30.1 Å². The lowest BCUT2D eigenvalue weighted by Gasteiger charge is -2.33. The van der Waals surface area contributed by atoms with E-state index in [1.807, 2.05) is 18.5 Å². The average Bonchev–Trinajstić information content (AvgIpc) is 3.17. The predicted molar refractivity (Wildman–Crippen MR) is 104 cm³/mol. The van der Waals surface area contributed by atoms with Crippen molar-refractivity contribution in [1.82, 2.24) is 25.0 Å². The topological polar surface area (TPSA) is 78.6 Å². The molecule has 0 aromatic carbocycles. The van der Waals surface area contributed by atoms with Crippen LogP contribution >= 0.6 is 24.0 Å². The molecule has 2 aliphatic rings. The molecule has 1 aromatic heterocycles. The van der Waals surface area contributed by atoms with Crippen molar-refractivity contribution in [2.24, 2.45) is 12.0 Å². The van der Waals surface area contributed by atoms with Crippen LogP contribution in [0.15, 0.2) is 4.99 Å². The van der Waals surface area contributed by atoms with E-state index in [0.717, 1.165) is 43.5 Å². The lowest BCUT2D eigenvalue weighted by atomic mass is 10.1. The van der Waals surface area contributed by atoms with Gasteiger partial charge < -0.3 is 19.9 Å². The molecule has 0 radical (unpaired) electrons. The van der Waals surface area contributed by atoms with Crippen LogP contribution < -0.4 is 5.32 Å². The summed E-state index contributed by atoms with van der Waals surface area (Å²) in [5, 5.41) is 21.7. The Morgan fingerprint density at radius 2 is 1.88 bits per heavy atom. The van der Waals surface area contributed by atoms with Crippen LogP contribution in [0.25, 0.3) is 0 Å². The number of aliphatic imine (C=N–C) groups is 1. The minimum atomic E-state index is -0.166. The second-order valence-electron chi connectivity index (χ2n) is 6.71. The number of nitrogens with one attached hydrogen (secondary N) is 1. The molecule has 0 unspecified atom stereocenters. The van der Waals surface area contributed by atoms with Crippen molar-refractivity contribution in [3.05, 3.63) is 11.6 Å². The summed E-state index contributed by atoms with van der Waals surface area (Å²) in [7, 11) is 1.97. The maximum absolute atomic E-state index is 9.73. The maximum atomic E-state index is 9.73. The SMILES string of the molecule is Cc1nnc(CN=C(NC2CCCC2)N2CCC(O)CC2)n1C.I. The number of piperidine rings is 1. The normalized spacial score (nSPS) is 20.3. The van der Waals surface area contributed by atoms with Crippen molar-refractivity contribution in [3.63, 3.8) is 0 Å². The number of aromatic nitrogens is 3. The lowest BCUT2D eigenvalue weighted by Crippen LogP contribution is -2.49. The third-order valence-corrected chi connectivity index (χ3v) is 5.01. The summed E-state index contributed by atoms with van der Waals surface area (Å²) in [6.07, 6.45) is 6.50. The van der Waals surface area contributed by atoms with Crippen molar-refractivity contribution in [2.75, 3.05) is 13.1 Å². The Balaban J connectivity index is 0.00000208. The third-order valence-electron chi connectivity index (χ3n) is 5.01. The third kappa shape index (κ3) is 4.81. The molecule has 1 aliphatic carbocycles. The van der Waals surface area contributed by atoms with Crippen molar-refractivity contribution in [3.8, 4) is 0 Å². The molecule has 1 saturated carbocycles. The van der Waals surface area contributed by atoms with E-state index >= 15 is 0 Å². The van der Waals surface area contributed by atoms with Crippen molar-refractivity contribution in [1.29, 1.82) is 0 Å². The zero-order valence-electron chi connectivity index (χ0n) is 14.6. The highest BCUT2D eigenvalue weighted by Crippen LogP contribution is 2.19. The first-order valence-electron chi connectivity index (χ1n) is 8.72. The summed E-state index contributed by atoms with van der Waals surface area (Å²) in [4.78, 5) is 7.08. The number of aliphatic hydroxyl groups is 1. The number of likely N-dealkylation sites (tertiary alicyclic amines) is 1. The van der Waals surface area contributed by atoms with Gasteiger partial charge in [0.2, 0.25) is 0 Å². The highest BCUT2D eigenvalue weighted by Gasteiger charge is 2.23. The standard InChI is InChI=1S/C16H28N6O.HI/c1-12-19-20-15(21(12)2)11-17-16(18-13-5-3-4-6-13)22-9-7-14(23)8-10-22;/h13-14,23H,3-11H2,1-2H3,(H,17,18);1H. The number of halogens is 1. The van der Waals surface area contributed by atoms with Crippen molar-refractivity contribution < 1.29 is 5.11 Å². The van der Waals surface area contributed by atoms with E-state index in [1.165, 1.54) is 25.7 Å². The lowest BCUT2D eigenvalue weighted by molar-refractivity contribution is 0.107. The average molecular weight is 448 g/mol. The molecule has 136 valence electrons. The van der Waals surface area contributed by atoms with E-state index in [1.54, 1.807) is 0 Å². The Bertz CT molecular complexity index is 547. The van der Waals surface area contributed by atoms with Gasteiger partial charge in [-0.2, -0.15) is 0 Å². The fourth-order valence-electron chi connectivity index (χ4n) is 3.30. The van der Waals surface area contributed by atoms with Crippen LogP contribution in [0.4, 0.5) is 0 Å². The number of hydrogen-bond donors (Lipinski definition) is 2. The Labute approximate surface area is 160 Å². The van der Waals surface area contributed by atoms with Crippen LogP contribution in [0.1, 0.15) is 50.2 Å². The van der Waals surface area contributed by atoms with Gasteiger partial charge in [-0.25, -0.2) is 4.99 Å². The van der Waals surface area contributed by atoms with Crippen LogP contribution in [0.3, 0.4) is 0 Å². The molecule has 0 spiro atoms. The van der Waals surface area contributed by atoms with Gasteiger partial charge in [0.1, 0.15) is 12.4 Å². The Hall–Kier alpha value is -0.900. The van der Waals surface area contributed by atoms with Gasteiger partial charge in [0.25, 0.3) is 0 Å². The van der Waals surface area contributed by atoms with Crippen LogP contribution in [0.2, 0.25) is 0 Å². The molecule has 0 atom stereocenters. The molecule has 3 rings (SSSR count). The molecule has 0 bridgehead atoms. The largest absolute Gasteiger partial charge is 0.393 e. The molecule has 7 nitrogen and oxygen atoms in total. The molecular weight excluding hydrogens is 419 g/mol. The first-order chi connectivity index (χ1) is 11.1. The highest BCUT2D eigenvalue weighted by molar-refractivity contribution is 14.0. The number of guanidine groups is 1. The van der Waals surface area contributed by atoms with E-state index in [9.17, 15) is 5.11 Å². The zero-order chi connectivity index (χ0) is 16.2. The fraction of sp³-hybridized carbons (Fsp3) is 0.812. The van der Waals surface area contributed by atoms with E-state index in [4.69, 9.17) is 4.99 Å². The van der Waals surface area contributed by atoms with Gasteiger partial charge in [-0.15, -0.1) is 34.2 Å². The fourth-order valence-corrected chi connectivity index (χ4v) is 3.30. The summed E-state index contributed by atoms with van der Waals surface area (Å²) in [5.74, 6) is 2.75. The smallest absolute Gasteiger partial charge is 0.194 e. The molecule has 1 aliphatic heterocycles. The molecule has 0 amide bonds. The van der Waals surface area contributed by atoms with Gasteiger partial charge >= 0.3 is 0 Å². The molecule has 2 fully saturated rings. The summed E-state index contributed by atoms with van der Waals surface area (Å²) in [6.45, 7) is 4.20. The van der Waals surface area contributed by atoms with Crippen molar-refractivity contribution >= 4 is 29.9 Å². The molecule has 24 heavy (non-hydrogen) atoms. The van der Waals surface area contributed by atoms with E-state index < -0.39 is 0 Å². The Morgan fingerprint density at radius 3 is 2.46 bits per heavy atom. The van der Waals surface area contributed by atoms with Gasteiger partial charge in [-0.05, 0) is 32.6 Å². The van der Waals surface area contributed by atoms with Gasteiger partial charge in [-0.1, -0.05) is 12.8 Å². The number of nitrogens with zero attached hydrogens (tertiary/aromatic N) is 5. The van der Waals surface area contributed by atoms with Gasteiger partial charge in [0.05, 0.1) is 6.10 Å². The summed E-state index contributed by atoms with van der Waals surface area (Å²) in [5.41, 5.74) is 0. The predicted octanol–water partition coefficient (Wildman–Crippen LogP) is 1.59. The molecule has 8 heteroatoms. The van der Waals surface area contributed by atoms with Gasteiger partial charge in [0.15, 0.2) is 11.8 Å². The first kappa shape index (κ1) is 19.4. The van der Waals surface area contributed by atoms with E-state index in [0.29, 0.717) is 12.6 Å². The Morgan fingerprint density at radius 1 is 1.21 bits per heavy atom. The van der Waals surface area contributed by atoms with Crippen LogP contribution in [-0.4, -0.2) is 56.0 Å². The second kappa shape index (κ2) is 8.98. The minimum absolute atomic E-state index is 0. The molecular formula is C16H29IN6O. The summed E-state index contributed by atoms with van der Waals surface area (Å²) in [6, 6.07) is 0.529. The summed E-state index contributed by atoms with van der Waals surface area (Å²) >= 11 is 0. The number of hydrogen-bond acceptors (Lipinski definition) is 4. The van der Waals surface area contributed by atoms with Crippen molar-refractivity contribution in [2.45, 2.75) is 64.1 Å². The van der Waals surface area contributed by atoms with E-state index in [2.05, 4.69) is 20.4 Å². The monoisotopic (exact) mass is 448 g/mol. The first-order valence-corrected chi connectivity index (χ1v) is 8.72. The number of rotatable bonds is 3. The molecule has 2 heterocycles. The van der Waals surface area contributed by atoms with Crippen LogP contribution in [-0.2, 0) is 13.6 Å². The zero-order valence-corrected chi connectivity index (χ0v) is 16.9. The Kier molecular flexibility index (Phi) is 7.27. The second-order valence-corrected chi connectivity index (χ2v) is 6.71. The molecule has 1 saturated heterocycles. The molecule has 1 aromatic rings. The maximum Gasteiger partial charge on any atom is 0.194 e. The number of aliphatic hydroxyl groups excluding tert-OH is 1. The summed E-state index contributed by atoms with van der Waals surface area (Å²) < 4.78 is 1.98. The molecule has 2 N–H and O–H groups in total.